The second kappa shape index (κ2) is 8.87. The van der Waals surface area contributed by atoms with Gasteiger partial charge < -0.3 is 15.1 Å². The van der Waals surface area contributed by atoms with Crippen molar-refractivity contribution in [2.45, 2.75) is 38.6 Å². The topological polar surface area (TPSA) is 90.4 Å². The van der Waals surface area contributed by atoms with Crippen LogP contribution in [0.5, 0.6) is 0 Å². The molecule has 1 fully saturated rings. The maximum absolute atomic E-state index is 12.5. The number of fused-ring (bicyclic) bond motifs is 1. The number of likely N-dealkylation sites (N-methyl/N-ethyl adjacent to an activating group) is 1. The summed E-state index contributed by atoms with van der Waals surface area (Å²) in [6, 6.07) is 7.55. The van der Waals surface area contributed by atoms with Crippen LogP contribution < -0.4 is 16.6 Å². The first-order valence-electron chi connectivity index (χ1n) is 10.7. The number of nitrogens with one attached hydrogen (secondary N) is 2. The van der Waals surface area contributed by atoms with Crippen LogP contribution in [-0.2, 0) is 24.2 Å². The predicted molar refractivity (Wildman–Crippen MR) is 116 cm³/mol. The zero-order valence-electron chi connectivity index (χ0n) is 17.4. The second-order valence-corrected chi connectivity index (χ2v) is 8.23. The molecule has 2 aromatic rings. The van der Waals surface area contributed by atoms with E-state index in [1.54, 1.807) is 0 Å². The Hall–Kier alpha value is -2.87. The van der Waals surface area contributed by atoms with Gasteiger partial charge in [0.15, 0.2) is 0 Å². The molecular formula is C22H29N5O3. The van der Waals surface area contributed by atoms with Crippen molar-refractivity contribution in [2.75, 3.05) is 38.5 Å². The first-order valence-corrected chi connectivity index (χ1v) is 10.7. The molecule has 2 aliphatic rings. The number of aromatic amines is 1. The normalized spacial score (nSPS) is 16.5. The maximum Gasteiger partial charge on any atom is 0.329 e. The third-order valence-electron chi connectivity index (χ3n) is 6.03. The van der Waals surface area contributed by atoms with Crippen LogP contribution in [0.2, 0.25) is 0 Å². The Morgan fingerprint density at radius 1 is 1.07 bits per heavy atom. The third kappa shape index (κ3) is 4.64. The van der Waals surface area contributed by atoms with E-state index in [9.17, 15) is 14.4 Å². The van der Waals surface area contributed by atoms with Gasteiger partial charge in [0, 0.05) is 50.9 Å². The molecule has 0 radical (unpaired) electrons. The molecule has 0 spiro atoms. The van der Waals surface area contributed by atoms with Gasteiger partial charge in [-0.2, -0.15) is 0 Å². The van der Waals surface area contributed by atoms with E-state index < -0.39 is 5.69 Å². The Bertz CT molecular complexity index is 1000. The summed E-state index contributed by atoms with van der Waals surface area (Å²) in [6.07, 6.45) is 4.15. The number of hydrogen-bond donors (Lipinski definition) is 2. The number of anilines is 2. The van der Waals surface area contributed by atoms with Crippen LogP contribution in [0.15, 0.2) is 33.9 Å². The number of rotatable bonds is 6. The molecule has 1 aliphatic heterocycles. The monoisotopic (exact) mass is 411 g/mol. The van der Waals surface area contributed by atoms with Crippen LogP contribution in [0.25, 0.3) is 0 Å². The molecule has 0 unspecified atom stereocenters. The molecule has 1 aromatic carbocycles. The minimum Gasteiger partial charge on any atom is -0.342 e. The van der Waals surface area contributed by atoms with Crippen LogP contribution in [0.1, 0.15) is 30.4 Å². The van der Waals surface area contributed by atoms with E-state index in [2.05, 4.69) is 27.3 Å². The summed E-state index contributed by atoms with van der Waals surface area (Å²) in [7, 11) is 2.05. The van der Waals surface area contributed by atoms with Crippen molar-refractivity contribution >= 4 is 17.4 Å². The second-order valence-electron chi connectivity index (χ2n) is 8.23. The average molecular weight is 412 g/mol. The molecular weight excluding hydrogens is 382 g/mol. The molecule has 0 atom stereocenters. The molecule has 8 heteroatoms. The Morgan fingerprint density at radius 3 is 2.60 bits per heavy atom. The van der Waals surface area contributed by atoms with Crippen LogP contribution in [0, 0.1) is 0 Å². The fraction of sp³-hybridized carbons (Fsp3) is 0.500. The highest BCUT2D eigenvalue weighted by Gasteiger charge is 2.18. The molecule has 2 heterocycles. The lowest BCUT2D eigenvalue weighted by Crippen LogP contribution is -2.47. The molecule has 30 heavy (non-hydrogen) atoms. The number of H-pyrrole nitrogens is 1. The fourth-order valence-corrected chi connectivity index (χ4v) is 4.21. The van der Waals surface area contributed by atoms with E-state index in [0.29, 0.717) is 18.7 Å². The van der Waals surface area contributed by atoms with Gasteiger partial charge in [0.2, 0.25) is 5.91 Å². The van der Waals surface area contributed by atoms with Gasteiger partial charge in [-0.25, -0.2) is 4.79 Å². The lowest BCUT2D eigenvalue weighted by molar-refractivity contribution is -0.132. The number of carbonyl (C=O) groups excluding carboxylic acids is 1. The van der Waals surface area contributed by atoms with E-state index in [1.165, 1.54) is 23.6 Å². The highest BCUT2D eigenvalue weighted by Crippen LogP contribution is 2.25. The number of hydrogen-bond acceptors (Lipinski definition) is 5. The van der Waals surface area contributed by atoms with Crippen molar-refractivity contribution < 1.29 is 4.79 Å². The number of aromatic nitrogens is 2. The standard InChI is InChI=1S/C22H29N5O3/c1-25-10-12-26(13-11-25)20(28)6-3-9-27-21(29)15-19(24-22(27)30)23-18-8-7-16-4-2-5-17(16)14-18/h7-8,14-15,23H,2-6,9-13H2,1H3,(H,24,30). The molecule has 1 amide bonds. The molecule has 8 nitrogen and oxygen atoms in total. The molecule has 1 aromatic heterocycles. The van der Waals surface area contributed by atoms with Crippen LogP contribution in [-0.4, -0.2) is 58.5 Å². The van der Waals surface area contributed by atoms with Crippen molar-refractivity contribution in [2.24, 2.45) is 0 Å². The van der Waals surface area contributed by atoms with Crippen LogP contribution in [0.4, 0.5) is 11.5 Å². The number of aryl methyl sites for hydroxylation is 2. The number of amides is 1. The van der Waals surface area contributed by atoms with E-state index in [1.807, 2.05) is 18.0 Å². The summed E-state index contributed by atoms with van der Waals surface area (Å²) < 4.78 is 1.16. The van der Waals surface area contributed by atoms with Gasteiger partial charge in [0.05, 0.1) is 0 Å². The quantitative estimate of drug-likeness (QED) is 0.748. The Kier molecular flexibility index (Phi) is 6.03. The first-order chi connectivity index (χ1) is 14.5. The van der Waals surface area contributed by atoms with Crippen LogP contribution in [0.3, 0.4) is 0 Å². The minimum absolute atomic E-state index is 0.0856. The average Bonchev–Trinajstić information content (AvgIpc) is 3.18. The minimum atomic E-state index is -0.460. The molecule has 1 saturated heterocycles. The lowest BCUT2D eigenvalue weighted by atomic mass is 10.1. The summed E-state index contributed by atoms with van der Waals surface area (Å²) in [5.41, 5.74) is 2.73. The smallest absolute Gasteiger partial charge is 0.329 e. The molecule has 4 rings (SSSR count). The molecule has 2 N–H and O–H groups in total. The first kappa shape index (κ1) is 20.4. The molecule has 0 saturated carbocycles. The van der Waals surface area contributed by atoms with E-state index in [-0.39, 0.29) is 18.0 Å². The van der Waals surface area contributed by atoms with Gasteiger partial charge in [-0.15, -0.1) is 0 Å². The Morgan fingerprint density at radius 2 is 1.83 bits per heavy atom. The SMILES string of the molecule is CN1CCN(C(=O)CCCn2c(=O)cc(Nc3ccc4c(c3)CCC4)[nH]c2=O)CC1. The van der Waals surface area contributed by atoms with Gasteiger partial charge in [-0.05, 0) is 56.0 Å². The fourth-order valence-electron chi connectivity index (χ4n) is 4.21. The predicted octanol–water partition coefficient (Wildman–Crippen LogP) is 1.32. The van der Waals surface area contributed by atoms with Gasteiger partial charge in [0.25, 0.3) is 5.56 Å². The van der Waals surface area contributed by atoms with Crippen molar-refractivity contribution in [3.05, 3.63) is 56.2 Å². The van der Waals surface area contributed by atoms with Crippen molar-refractivity contribution in [3.63, 3.8) is 0 Å². The van der Waals surface area contributed by atoms with Gasteiger partial charge in [0.1, 0.15) is 5.82 Å². The van der Waals surface area contributed by atoms with Crippen LogP contribution >= 0.6 is 0 Å². The Labute approximate surface area is 175 Å². The number of carbonyl (C=O) groups is 1. The summed E-state index contributed by atoms with van der Waals surface area (Å²) in [5.74, 6) is 0.468. The molecule has 1 aliphatic carbocycles. The number of benzene rings is 1. The highest BCUT2D eigenvalue weighted by atomic mass is 16.2. The van der Waals surface area contributed by atoms with Crippen molar-refractivity contribution in [3.8, 4) is 0 Å². The molecule has 160 valence electrons. The summed E-state index contributed by atoms with van der Waals surface area (Å²) in [5, 5.41) is 3.13. The third-order valence-corrected chi connectivity index (χ3v) is 6.03. The Balaban J connectivity index is 1.35. The summed E-state index contributed by atoms with van der Waals surface area (Å²) >= 11 is 0. The van der Waals surface area contributed by atoms with E-state index in [0.717, 1.165) is 49.3 Å². The summed E-state index contributed by atoms with van der Waals surface area (Å²) in [6.45, 7) is 3.46. The number of nitrogens with zero attached hydrogens (tertiary/aromatic N) is 3. The van der Waals surface area contributed by atoms with Crippen molar-refractivity contribution in [1.82, 2.24) is 19.4 Å². The zero-order chi connectivity index (χ0) is 21.1. The number of piperazine rings is 1. The van der Waals surface area contributed by atoms with Gasteiger partial charge >= 0.3 is 5.69 Å². The highest BCUT2D eigenvalue weighted by molar-refractivity contribution is 5.76. The van der Waals surface area contributed by atoms with E-state index >= 15 is 0 Å². The van der Waals surface area contributed by atoms with E-state index in [4.69, 9.17) is 0 Å². The van der Waals surface area contributed by atoms with Gasteiger partial charge in [-0.3, -0.25) is 19.1 Å². The van der Waals surface area contributed by atoms with Gasteiger partial charge in [-0.1, -0.05) is 6.07 Å². The maximum atomic E-state index is 12.5. The summed E-state index contributed by atoms with van der Waals surface area (Å²) in [4.78, 5) is 44.0. The lowest BCUT2D eigenvalue weighted by Gasteiger charge is -2.32. The largest absolute Gasteiger partial charge is 0.342 e. The van der Waals surface area contributed by atoms with Crippen molar-refractivity contribution in [1.29, 1.82) is 0 Å². The molecule has 0 bridgehead atoms. The zero-order valence-corrected chi connectivity index (χ0v) is 17.4.